The van der Waals surface area contributed by atoms with Crippen LogP contribution in [0.3, 0.4) is 0 Å². The van der Waals surface area contributed by atoms with Crippen LogP contribution in [0.4, 0.5) is 0 Å². The lowest BCUT2D eigenvalue weighted by molar-refractivity contribution is 0.193. The molecule has 0 aliphatic heterocycles. The average molecular weight is 561 g/mol. The predicted molar refractivity (Wildman–Crippen MR) is 152 cm³/mol. The van der Waals surface area contributed by atoms with Gasteiger partial charge in [-0.05, 0) is 6.42 Å². The van der Waals surface area contributed by atoms with Crippen LogP contribution in [-0.2, 0) is 9.09 Å². The van der Waals surface area contributed by atoms with Crippen LogP contribution in [0.25, 0.3) is 0 Å². The van der Waals surface area contributed by atoms with E-state index in [9.17, 15) is 4.57 Å². The van der Waals surface area contributed by atoms with Gasteiger partial charge in [0.25, 0.3) is 0 Å². The third-order valence-electron chi connectivity index (χ3n) is 5.41. The summed E-state index contributed by atoms with van der Waals surface area (Å²) in [6.45, 7) is 5.27. The molecule has 0 unspecified atom stereocenters. The molecule has 228 valence electrons. The van der Waals surface area contributed by atoms with E-state index < -0.39 is 7.82 Å². The molecule has 0 aromatic carbocycles. The number of hydrogen-bond acceptors (Lipinski definition) is 8. The summed E-state index contributed by atoms with van der Waals surface area (Å²) >= 11 is 0. The average Bonchev–Trinajstić information content (AvgIpc) is 2.87. The molecule has 0 amide bonds. The molecule has 0 heterocycles. The Hall–Kier alpha value is -0.130. The summed E-state index contributed by atoms with van der Waals surface area (Å²) in [5.41, 5.74) is 0. The van der Waals surface area contributed by atoms with Gasteiger partial charge in [-0.25, -0.2) is 4.57 Å². The zero-order valence-electron chi connectivity index (χ0n) is 23.6. The fourth-order valence-electron chi connectivity index (χ4n) is 3.40. The van der Waals surface area contributed by atoms with Crippen LogP contribution >= 0.6 is 7.82 Å². The smallest absolute Gasteiger partial charge is 0.395 e. The maximum Gasteiger partial charge on any atom is 0.469 e. The fraction of sp³-hybridized carbons (Fsp3) is 1.00. The molecular formula is C26H61N2O8P. The Bertz CT molecular complexity index is 413. The van der Waals surface area contributed by atoms with Gasteiger partial charge in [-0.1, -0.05) is 103 Å². The predicted octanol–water partition coefficient (Wildman–Crippen LogP) is 3.48. The highest BCUT2D eigenvalue weighted by Gasteiger charge is 2.12. The number of hydrogen-bond donors (Lipinski definition) is 8. The van der Waals surface area contributed by atoms with Crippen molar-refractivity contribution in [1.29, 1.82) is 0 Å². The number of unbranched alkanes of at least 4 members (excludes halogenated alkanes) is 15. The third-order valence-corrected chi connectivity index (χ3v) is 5.93. The van der Waals surface area contributed by atoms with Crippen LogP contribution in [0.5, 0.6) is 0 Å². The van der Waals surface area contributed by atoms with E-state index >= 15 is 0 Å². The molecule has 0 spiro atoms. The lowest BCUT2D eigenvalue weighted by Crippen LogP contribution is -2.21. The zero-order valence-corrected chi connectivity index (χ0v) is 24.5. The summed E-state index contributed by atoms with van der Waals surface area (Å²) in [6.07, 6.45) is 20.7. The van der Waals surface area contributed by atoms with Gasteiger partial charge in [-0.3, -0.25) is 4.52 Å². The standard InChI is InChI=1S/C18H39O4P.2C4H11NO2/c1-2-3-4-5-6-7-8-9-10-11-12-13-14-15-16-17-18-22-23(19,20)21;2*6-3-1-5-2-4-7/h2-18H2,1H3,(H2,19,20,21);2*5-7H,1-4H2. The molecule has 0 saturated carbocycles. The second-order valence-electron chi connectivity index (χ2n) is 9.02. The fourth-order valence-corrected chi connectivity index (χ4v) is 3.77. The Balaban J connectivity index is -0.000000670. The maximum absolute atomic E-state index is 10.5. The van der Waals surface area contributed by atoms with Crippen molar-refractivity contribution in [3.63, 3.8) is 0 Å². The molecule has 0 fully saturated rings. The topological polar surface area (TPSA) is 172 Å². The highest BCUT2D eigenvalue weighted by atomic mass is 31.2. The molecule has 11 heteroatoms. The lowest BCUT2D eigenvalue weighted by Gasteiger charge is -2.05. The van der Waals surface area contributed by atoms with E-state index in [-0.39, 0.29) is 33.0 Å². The van der Waals surface area contributed by atoms with E-state index in [1.807, 2.05) is 0 Å². The lowest BCUT2D eigenvalue weighted by atomic mass is 10.0. The first-order valence-electron chi connectivity index (χ1n) is 14.4. The maximum atomic E-state index is 10.5. The molecule has 0 atom stereocenters. The first kappa shape index (κ1) is 41.4. The highest BCUT2D eigenvalue weighted by molar-refractivity contribution is 7.46. The molecule has 0 rings (SSSR count). The van der Waals surface area contributed by atoms with Gasteiger partial charge < -0.3 is 40.8 Å². The van der Waals surface area contributed by atoms with Gasteiger partial charge >= 0.3 is 7.82 Å². The molecule has 0 aliphatic carbocycles. The Morgan fingerprint density at radius 2 is 0.784 bits per heavy atom. The minimum absolute atomic E-state index is 0.139. The molecule has 37 heavy (non-hydrogen) atoms. The zero-order chi connectivity index (χ0) is 28.3. The Morgan fingerprint density at radius 3 is 1.03 bits per heavy atom. The van der Waals surface area contributed by atoms with Crippen LogP contribution in [0.15, 0.2) is 0 Å². The summed E-state index contributed by atoms with van der Waals surface area (Å²) in [7, 11) is -4.26. The van der Waals surface area contributed by atoms with Crippen LogP contribution < -0.4 is 10.6 Å². The molecule has 0 aromatic rings. The van der Waals surface area contributed by atoms with Gasteiger partial charge in [0, 0.05) is 26.2 Å². The number of phosphoric ester groups is 1. The number of nitrogens with one attached hydrogen (secondary N) is 2. The molecular weight excluding hydrogens is 499 g/mol. The molecule has 0 aromatic heterocycles. The molecule has 0 saturated heterocycles. The summed E-state index contributed by atoms with van der Waals surface area (Å²) in [5.74, 6) is 0. The van der Waals surface area contributed by atoms with Gasteiger partial charge in [0.1, 0.15) is 0 Å². The molecule has 0 aliphatic rings. The second-order valence-corrected chi connectivity index (χ2v) is 10.3. The van der Waals surface area contributed by atoms with Gasteiger partial charge in [0.15, 0.2) is 0 Å². The monoisotopic (exact) mass is 560 g/mol. The van der Waals surface area contributed by atoms with E-state index in [1.165, 1.54) is 83.5 Å². The largest absolute Gasteiger partial charge is 0.469 e. The minimum Gasteiger partial charge on any atom is -0.395 e. The van der Waals surface area contributed by atoms with Crippen molar-refractivity contribution >= 4 is 7.82 Å². The number of rotatable bonds is 26. The Labute approximate surface area is 226 Å². The second kappa shape index (κ2) is 38.0. The summed E-state index contributed by atoms with van der Waals surface area (Å²) in [5, 5.41) is 38.2. The molecule has 10 nitrogen and oxygen atoms in total. The summed E-state index contributed by atoms with van der Waals surface area (Å²) < 4.78 is 14.9. The first-order chi connectivity index (χ1) is 17.9. The molecule has 8 N–H and O–H groups in total. The SMILES string of the molecule is CCCCCCCCCCCCCCCCCCOP(=O)(O)O.OCCNCCO.OCCNCCO. The van der Waals surface area contributed by atoms with E-state index in [1.54, 1.807) is 0 Å². The van der Waals surface area contributed by atoms with Crippen LogP contribution in [-0.4, -0.2) is 89.4 Å². The van der Waals surface area contributed by atoms with Gasteiger partial charge in [-0.15, -0.1) is 0 Å². The molecule has 0 radical (unpaired) electrons. The van der Waals surface area contributed by atoms with Crippen molar-refractivity contribution < 1.29 is 39.3 Å². The van der Waals surface area contributed by atoms with Crippen molar-refractivity contribution in [2.45, 2.75) is 110 Å². The van der Waals surface area contributed by atoms with Crippen LogP contribution in [0, 0.1) is 0 Å². The summed E-state index contributed by atoms with van der Waals surface area (Å²) in [4.78, 5) is 17.1. The van der Waals surface area contributed by atoms with Crippen molar-refractivity contribution in [1.82, 2.24) is 10.6 Å². The Morgan fingerprint density at radius 1 is 0.514 bits per heavy atom. The quantitative estimate of drug-likeness (QED) is 0.0578. The summed E-state index contributed by atoms with van der Waals surface area (Å²) in [6, 6.07) is 0. The molecule has 0 bridgehead atoms. The highest BCUT2D eigenvalue weighted by Crippen LogP contribution is 2.35. The first-order valence-corrected chi connectivity index (χ1v) is 16.0. The number of phosphoric acid groups is 1. The van der Waals surface area contributed by atoms with Gasteiger partial charge in [0.05, 0.1) is 33.0 Å². The van der Waals surface area contributed by atoms with Crippen LogP contribution in [0.2, 0.25) is 0 Å². The van der Waals surface area contributed by atoms with Gasteiger partial charge in [-0.2, -0.15) is 0 Å². The van der Waals surface area contributed by atoms with Crippen molar-refractivity contribution in [2.75, 3.05) is 59.2 Å². The number of aliphatic hydroxyl groups is 4. The van der Waals surface area contributed by atoms with Crippen molar-refractivity contribution in [2.24, 2.45) is 0 Å². The van der Waals surface area contributed by atoms with E-state index in [0.29, 0.717) is 26.2 Å². The van der Waals surface area contributed by atoms with Gasteiger partial charge in [0.2, 0.25) is 0 Å². The van der Waals surface area contributed by atoms with Crippen molar-refractivity contribution in [3.05, 3.63) is 0 Å². The van der Waals surface area contributed by atoms with E-state index in [2.05, 4.69) is 22.1 Å². The third kappa shape index (κ3) is 53.0. The van der Waals surface area contributed by atoms with E-state index in [4.69, 9.17) is 30.2 Å². The number of aliphatic hydroxyl groups excluding tert-OH is 4. The van der Waals surface area contributed by atoms with E-state index in [0.717, 1.165) is 19.3 Å². The Kier molecular flexibility index (Phi) is 42.5. The van der Waals surface area contributed by atoms with Crippen LogP contribution in [0.1, 0.15) is 110 Å². The van der Waals surface area contributed by atoms with Crippen molar-refractivity contribution in [3.8, 4) is 0 Å². The minimum atomic E-state index is -4.26. The normalized spacial score (nSPS) is 11.0.